The summed E-state index contributed by atoms with van der Waals surface area (Å²) in [5.41, 5.74) is 1.14. The summed E-state index contributed by atoms with van der Waals surface area (Å²) in [7, 11) is 0. The highest BCUT2D eigenvalue weighted by atomic mass is 15.0. The molecule has 0 amide bonds. The second kappa shape index (κ2) is 11.7. The molecule has 0 radical (unpaired) electrons. The van der Waals surface area contributed by atoms with Crippen molar-refractivity contribution in [3.63, 3.8) is 0 Å². The van der Waals surface area contributed by atoms with Gasteiger partial charge in [0.2, 0.25) is 0 Å². The molecule has 0 atom stereocenters. The highest BCUT2D eigenvalue weighted by Gasteiger charge is 1.97. The fourth-order valence-electron chi connectivity index (χ4n) is 2.36. The predicted octanol–water partition coefficient (Wildman–Crippen LogP) is 4.98. The first kappa shape index (κ1) is 16.9. The van der Waals surface area contributed by atoms with E-state index in [0.29, 0.717) is 0 Å². The largest absolute Gasteiger partial charge is 0.370 e. The second-order valence-electron chi connectivity index (χ2n) is 5.55. The third-order valence-electron chi connectivity index (χ3n) is 3.57. The Morgan fingerprint density at radius 2 is 1.55 bits per heavy atom. The van der Waals surface area contributed by atoms with Crippen LogP contribution < -0.4 is 5.32 Å². The highest BCUT2D eigenvalue weighted by molar-refractivity contribution is 5.34. The number of aryl methyl sites for hydroxylation is 1. The van der Waals surface area contributed by atoms with E-state index in [-0.39, 0.29) is 0 Å². The zero-order chi connectivity index (χ0) is 14.5. The van der Waals surface area contributed by atoms with Gasteiger partial charge in [0, 0.05) is 18.3 Å². The standard InChI is InChI=1S/C17H31N3/c1-3-5-6-7-8-9-10-11-13-18-17-14-16(12-4-2)19-15-20-17/h14-15H,3-13H2,1-2H3,(H,18,19,20). The molecular formula is C17H31N3. The van der Waals surface area contributed by atoms with Gasteiger partial charge in [0.1, 0.15) is 12.1 Å². The average molecular weight is 277 g/mol. The van der Waals surface area contributed by atoms with E-state index in [2.05, 4.69) is 35.2 Å². The molecule has 1 aromatic heterocycles. The first-order valence-electron chi connectivity index (χ1n) is 8.41. The van der Waals surface area contributed by atoms with E-state index in [1.807, 2.05) is 0 Å². The van der Waals surface area contributed by atoms with Crippen molar-refractivity contribution >= 4 is 5.82 Å². The Balaban J connectivity index is 2.02. The molecule has 20 heavy (non-hydrogen) atoms. The summed E-state index contributed by atoms with van der Waals surface area (Å²) in [5.74, 6) is 0.978. The van der Waals surface area contributed by atoms with E-state index in [0.717, 1.165) is 30.9 Å². The lowest BCUT2D eigenvalue weighted by Crippen LogP contribution is -2.04. The van der Waals surface area contributed by atoms with Gasteiger partial charge in [-0.1, -0.05) is 65.2 Å². The Morgan fingerprint density at radius 3 is 2.25 bits per heavy atom. The summed E-state index contributed by atoms with van der Waals surface area (Å²) in [6.07, 6.45) is 14.7. The molecule has 0 saturated heterocycles. The minimum atomic E-state index is 0.978. The van der Waals surface area contributed by atoms with E-state index < -0.39 is 0 Å². The Kier molecular flexibility index (Phi) is 9.89. The number of nitrogens with one attached hydrogen (secondary N) is 1. The molecule has 3 heteroatoms. The number of hydrogen-bond acceptors (Lipinski definition) is 3. The molecule has 0 fully saturated rings. The Hall–Kier alpha value is -1.12. The molecular weight excluding hydrogens is 246 g/mol. The number of rotatable bonds is 12. The van der Waals surface area contributed by atoms with Crippen molar-refractivity contribution < 1.29 is 0 Å². The molecule has 114 valence electrons. The summed E-state index contributed by atoms with van der Waals surface area (Å²) in [6, 6.07) is 2.08. The van der Waals surface area contributed by atoms with Crippen molar-refractivity contribution in [3.8, 4) is 0 Å². The third-order valence-corrected chi connectivity index (χ3v) is 3.57. The molecule has 0 unspecified atom stereocenters. The molecule has 0 aliphatic carbocycles. The summed E-state index contributed by atoms with van der Waals surface area (Å²) < 4.78 is 0. The predicted molar refractivity (Wildman–Crippen MR) is 87.1 cm³/mol. The molecule has 1 rings (SSSR count). The quantitative estimate of drug-likeness (QED) is 0.547. The van der Waals surface area contributed by atoms with Gasteiger partial charge < -0.3 is 5.32 Å². The number of unbranched alkanes of at least 4 members (excludes halogenated alkanes) is 7. The first-order chi connectivity index (χ1) is 9.86. The van der Waals surface area contributed by atoms with Gasteiger partial charge in [0.25, 0.3) is 0 Å². The Bertz CT molecular complexity index is 339. The van der Waals surface area contributed by atoms with Gasteiger partial charge in [-0.25, -0.2) is 9.97 Å². The normalized spacial score (nSPS) is 10.7. The average Bonchev–Trinajstić information content (AvgIpc) is 2.46. The van der Waals surface area contributed by atoms with Crippen molar-refractivity contribution in [2.75, 3.05) is 11.9 Å². The van der Waals surface area contributed by atoms with Crippen molar-refractivity contribution in [3.05, 3.63) is 18.1 Å². The lowest BCUT2D eigenvalue weighted by molar-refractivity contribution is 0.581. The molecule has 0 saturated carbocycles. The van der Waals surface area contributed by atoms with Crippen molar-refractivity contribution in [2.24, 2.45) is 0 Å². The van der Waals surface area contributed by atoms with Gasteiger partial charge in [-0.3, -0.25) is 0 Å². The van der Waals surface area contributed by atoms with Crippen LogP contribution in [0.5, 0.6) is 0 Å². The maximum atomic E-state index is 4.27. The van der Waals surface area contributed by atoms with Crippen LogP contribution in [-0.2, 0) is 6.42 Å². The Labute approximate surface area is 124 Å². The molecule has 1 heterocycles. The van der Waals surface area contributed by atoms with Crippen molar-refractivity contribution in [2.45, 2.75) is 78.1 Å². The number of hydrogen-bond donors (Lipinski definition) is 1. The maximum absolute atomic E-state index is 4.27. The summed E-state index contributed by atoms with van der Waals surface area (Å²) >= 11 is 0. The van der Waals surface area contributed by atoms with Crippen LogP contribution in [0.3, 0.4) is 0 Å². The summed E-state index contributed by atoms with van der Waals surface area (Å²) in [5, 5.41) is 3.40. The van der Waals surface area contributed by atoms with Crippen LogP contribution in [0.25, 0.3) is 0 Å². The summed E-state index contributed by atoms with van der Waals surface area (Å²) in [4.78, 5) is 8.54. The van der Waals surface area contributed by atoms with E-state index in [1.54, 1.807) is 6.33 Å². The lowest BCUT2D eigenvalue weighted by atomic mass is 10.1. The maximum Gasteiger partial charge on any atom is 0.129 e. The van der Waals surface area contributed by atoms with Gasteiger partial charge in [-0.05, 0) is 12.8 Å². The van der Waals surface area contributed by atoms with Gasteiger partial charge in [-0.2, -0.15) is 0 Å². The van der Waals surface area contributed by atoms with Gasteiger partial charge in [0.05, 0.1) is 0 Å². The number of nitrogens with zero attached hydrogens (tertiary/aromatic N) is 2. The molecule has 3 nitrogen and oxygen atoms in total. The second-order valence-corrected chi connectivity index (χ2v) is 5.55. The van der Waals surface area contributed by atoms with E-state index >= 15 is 0 Å². The van der Waals surface area contributed by atoms with Crippen molar-refractivity contribution in [1.29, 1.82) is 0 Å². The molecule has 1 N–H and O–H groups in total. The smallest absolute Gasteiger partial charge is 0.129 e. The molecule has 0 bridgehead atoms. The van der Waals surface area contributed by atoms with Crippen LogP contribution >= 0.6 is 0 Å². The Morgan fingerprint density at radius 1 is 0.850 bits per heavy atom. The first-order valence-corrected chi connectivity index (χ1v) is 8.41. The van der Waals surface area contributed by atoms with Crippen LogP contribution in [0.1, 0.15) is 77.3 Å². The number of anilines is 1. The zero-order valence-corrected chi connectivity index (χ0v) is 13.3. The lowest BCUT2D eigenvalue weighted by Gasteiger charge is -2.06. The van der Waals surface area contributed by atoms with Gasteiger partial charge in [-0.15, -0.1) is 0 Å². The van der Waals surface area contributed by atoms with E-state index in [4.69, 9.17) is 0 Å². The monoisotopic (exact) mass is 277 g/mol. The van der Waals surface area contributed by atoms with E-state index in [9.17, 15) is 0 Å². The highest BCUT2D eigenvalue weighted by Crippen LogP contribution is 2.09. The minimum absolute atomic E-state index is 0.978. The van der Waals surface area contributed by atoms with Crippen LogP contribution in [0, 0.1) is 0 Å². The number of aromatic nitrogens is 2. The van der Waals surface area contributed by atoms with Crippen molar-refractivity contribution in [1.82, 2.24) is 9.97 Å². The molecule has 0 aliphatic rings. The third kappa shape index (κ3) is 8.13. The van der Waals surface area contributed by atoms with Crippen LogP contribution in [0.2, 0.25) is 0 Å². The molecule has 1 aromatic rings. The van der Waals surface area contributed by atoms with Crippen LogP contribution in [0.15, 0.2) is 12.4 Å². The van der Waals surface area contributed by atoms with Crippen LogP contribution in [0.4, 0.5) is 5.82 Å². The van der Waals surface area contributed by atoms with Gasteiger partial charge in [0.15, 0.2) is 0 Å². The molecule has 0 aromatic carbocycles. The van der Waals surface area contributed by atoms with Gasteiger partial charge >= 0.3 is 0 Å². The SMILES string of the molecule is CCCCCCCCCCNc1cc(CCC)ncn1. The van der Waals surface area contributed by atoms with E-state index in [1.165, 1.54) is 51.4 Å². The fraction of sp³-hybridized carbons (Fsp3) is 0.765. The minimum Gasteiger partial charge on any atom is -0.370 e. The molecule has 0 aliphatic heterocycles. The summed E-state index contributed by atoms with van der Waals surface area (Å²) in [6.45, 7) is 5.47. The zero-order valence-electron chi connectivity index (χ0n) is 13.3. The van der Waals surface area contributed by atoms with Crippen LogP contribution in [-0.4, -0.2) is 16.5 Å². The topological polar surface area (TPSA) is 37.8 Å². The fourth-order valence-corrected chi connectivity index (χ4v) is 2.36. The molecule has 0 spiro atoms.